The molecule has 6 nitrogen and oxygen atoms in total. The molecule has 2 amide bonds. The topological polar surface area (TPSA) is 82.4 Å². The van der Waals surface area contributed by atoms with Crippen molar-refractivity contribution in [2.24, 2.45) is 5.92 Å². The van der Waals surface area contributed by atoms with E-state index in [1.54, 1.807) is 32.9 Å². The van der Waals surface area contributed by atoms with E-state index < -0.39 is 35.5 Å². The molecule has 2 fully saturated rings. The van der Waals surface area contributed by atoms with Crippen LogP contribution in [0.5, 0.6) is 0 Å². The maximum atomic E-state index is 14.9. The van der Waals surface area contributed by atoms with Crippen molar-refractivity contribution in [3.8, 4) is 17.2 Å². The van der Waals surface area contributed by atoms with E-state index in [9.17, 15) is 19.2 Å². The van der Waals surface area contributed by atoms with Crippen LogP contribution < -0.4 is 5.32 Å². The van der Waals surface area contributed by atoms with Crippen LogP contribution >= 0.6 is 12.6 Å². The molecular weight excluding hydrogens is 465 g/mol. The highest BCUT2D eigenvalue weighted by Crippen LogP contribution is 2.43. The van der Waals surface area contributed by atoms with Gasteiger partial charge in [-0.25, -0.2) is 9.18 Å². The second kappa shape index (κ2) is 9.90. The van der Waals surface area contributed by atoms with Crippen molar-refractivity contribution in [1.29, 1.82) is 5.26 Å². The van der Waals surface area contributed by atoms with Gasteiger partial charge in [0.25, 0.3) is 0 Å². The zero-order valence-corrected chi connectivity index (χ0v) is 21.0. The van der Waals surface area contributed by atoms with Crippen LogP contribution in [0.4, 0.5) is 9.18 Å². The summed E-state index contributed by atoms with van der Waals surface area (Å²) < 4.78 is 20.4. The zero-order valence-electron chi connectivity index (χ0n) is 20.1. The Labute approximate surface area is 210 Å². The molecule has 1 N–H and O–H groups in total. The first-order valence-corrected chi connectivity index (χ1v) is 12.3. The van der Waals surface area contributed by atoms with Crippen LogP contribution in [0.2, 0.25) is 0 Å². The van der Waals surface area contributed by atoms with E-state index in [1.807, 2.05) is 24.3 Å². The molecule has 2 bridgehead atoms. The Morgan fingerprint density at radius 2 is 1.89 bits per heavy atom. The molecule has 1 aliphatic carbocycles. The lowest BCUT2D eigenvalue weighted by Crippen LogP contribution is -2.55. The molecule has 3 unspecified atom stereocenters. The smallest absolute Gasteiger partial charge is 0.411 e. The lowest BCUT2D eigenvalue weighted by molar-refractivity contribution is -0.128. The molecule has 1 saturated heterocycles. The molecule has 8 heteroatoms. The summed E-state index contributed by atoms with van der Waals surface area (Å²) in [7, 11) is 0. The van der Waals surface area contributed by atoms with E-state index in [0.717, 1.165) is 29.7 Å². The first kappa shape index (κ1) is 25.1. The average molecular weight is 496 g/mol. The summed E-state index contributed by atoms with van der Waals surface area (Å²) in [5.74, 6) is -0.799. The number of thiol groups is 1. The second-order valence-electron chi connectivity index (χ2n) is 10.3. The molecule has 2 aromatic carbocycles. The Kier molecular flexibility index (Phi) is 7.09. The number of ether oxygens (including phenoxy) is 1. The SMILES string of the molecule is CC(C)(C)OC(=O)N1C2CCC(C2)[C@H]1C(=O)NC(C#N)Cc1ccc(-c2ccc(S)cc2)cc1F. The van der Waals surface area contributed by atoms with Gasteiger partial charge in [0, 0.05) is 17.4 Å². The highest BCUT2D eigenvalue weighted by atomic mass is 32.1. The Balaban J connectivity index is 1.45. The van der Waals surface area contributed by atoms with Crippen LogP contribution in [0.15, 0.2) is 47.4 Å². The minimum Gasteiger partial charge on any atom is -0.444 e. The quantitative estimate of drug-likeness (QED) is 0.564. The molecular formula is C27H30FN3O3S. The normalized spacial score (nSPS) is 21.9. The number of carbonyl (C=O) groups excluding carboxylic acids is 2. The number of hydrogen-bond acceptors (Lipinski definition) is 5. The van der Waals surface area contributed by atoms with Gasteiger partial charge in [-0.3, -0.25) is 9.69 Å². The van der Waals surface area contributed by atoms with Gasteiger partial charge in [-0.05, 0) is 80.8 Å². The lowest BCUT2D eigenvalue weighted by Gasteiger charge is -2.35. The minimum absolute atomic E-state index is 0.0250. The van der Waals surface area contributed by atoms with Crippen molar-refractivity contribution >= 4 is 24.6 Å². The van der Waals surface area contributed by atoms with Crippen molar-refractivity contribution in [2.45, 2.75) is 75.1 Å². The fourth-order valence-corrected chi connectivity index (χ4v) is 5.20. The molecule has 1 heterocycles. The fourth-order valence-electron chi connectivity index (χ4n) is 5.06. The van der Waals surface area contributed by atoms with Gasteiger partial charge in [0.1, 0.15) is 23.5 Å². The standard InChI is InChI=1S/C27H30FN3O3S/c1-27(2,3)34-26(33)31-21-9-6-19(13-21)24(31)25(32)30-20(15-29)12-18-5-4-17(14-23(18)28)16-7-10-22(35)11-8-16/h4-5,7-8,10-11,14,19-21,24,35H,6,9,12-13H2,1-3H3,(H,30,32)/t19?,20?,21?,24-/m0/s1. The third kappa shape index (κ3) is 5.62. The summed E-state index contributed by atoms with van der Waals surface area (Å²) >= 11 is 4.27. The van der Waals surface area contributed by atoms with Gasteiger partial charge in [-0.15, -0.1) is 12.6 Å². The number of fused-ring (bicyclic) bond motifs is 2. The average Bonchev–Trinajstić information content (AvgIpc) is 3.41. The van der Waals surface area contributed by atoms with Crippen LogP contribution in [0.25, 0.3) is 11.1 Å². The number of rotatable bonds is 5. The number of nitriles is 1. The van der Waals surface area contributed by atoms with E-state index in [4.69, 9.17) is 4.74 Å². The highest BCUT2D eigenvalue weighted by molar-refractivity contribution is 7.80. The number of carbonyl (C=O) groups is 2. The Morgan fingerprint density at radius 3 is 2.51 bits per heavy atom. The van der Waals surface area contributed by atoms with Crippen molar-refractivity contribution in [1.82, 2.24) is 10.2 Å². The van der Waals surface area contributed by atoms with E-state index in [0.29, 0.717) is 11.1 Å². The van der Waals surface area contributed by atoms with Gasteiger partial charge in [-0.1, -0.05) is 24.3 Å². The highest BCUT2D eigenvalue weighted by Gasteiger charge is 2.52. The summed E-state index contributed by atoms with van der Waals surface area (Å²) in [6.07, 6.45) is 1.95. The van der Waals surface area contributed by atoms with Crippen molar-refractivity contribution in [3.63, 3.8) is 0 Å². The van der Waals surface area contributed by atoms with E-state index in [2.05, 4.69) is 24.0 Å². The van der Waals surface area contributed by atoms with E-state index in [-0.39, 0.29) is 18.4 Å². The first-order chi connectivity index (χ1) is 16.6. The number of nitrogens with one attached hydrogen (secondary N) is 1. The van der Waals surface area contributed by atoms with E-state index in [1.165, 1.54) is 11.0 Å². The van der Waals surface area contributed by atoms with Crippen molar-refractivity contribution < 1.29 is 18.7 Å². The van der Waals surface area contributed by atoms with Gasteiger partial charge in [0.2, 0.25) is 5.91 Å². The number of piperidine rings is 1. The van der Waals surface area contributed by atoms with Crippen LogP contribution in [0, 0.1) is 23.1 Å². The first-order valence-electron chi connectivity index (χ1n) is 11.8. The Morgan fingerprint density at radius 1 is 1.20 bits per heavy atom. The minimum atomic E-state index is -0.925. The number of hydrogen-bond donors (Lipinski definition) is 2. The van der Waals surface area contributed by atoms with Gasteiger partial charge in [0.15, 0.2) is 0 Å². The number of halogens is 1. The summed E-state index contributed by atoms with van der Waals surface area (Å²) in [6.45, 7) is 5.36. The molecule has 35 heavy (non-hydrogen) atoms. The van der Waals surface area contributed by atoms with Crippen LogP contribution in [0.3, 0.4) is 0 Å². The largest absolute Gasteiger partial charge is 0.444 e. The molecule has 2 aromatic rings. The Hall–Kier alpha value is -3.05. The van der Waals surface area contributed by atoms with Gasteiger partial charge in [0.05, 0.1) is 6.07 Å². The molecule has 184 valence electrons. The number of nitrogens with zero attached hydrogens (tertiary/aromatic N) is 2. The third-order valence-electron chi connectivity index (χ3n) is 6.61. The summed E-state index contributed by atoms with van der Waals surface area (Å²) in [5.41, 5.74) is 1.24. The molecule has 1 saturated carbocycles. The fraction of sp³-hybridized carbons (Fsp3) is 0.444. The van der Waals surface area contributed by atoms with Crippen molar-refractivity contribution in [2.75, 3.05) is 0 Å². The third-order valence-corrected chi connectivity index (χ3v) is 6.91. The van der Waals surface area contributed by atoms with Crippen LogP contribution in [-0.2, 0) is 16.0 Å². The predicted molar refractivity (Wildman–Crippen MR) is 133 cm³/mol. The van der Waals surface area contributed by atoms with Gasteiger partial charge >= 0.3 is 6.09 Å². The van der Waals surface area contributed by atoms with Crippen LogP contribution in [0.1, 0.15) is 45.6 Å². The molecule has 4 rings (SSSR count). The number of likely N-dealkylation sites (tertiary alicyclic amines) is 1. The van der Waals surface area contributed by atoms with Crippen LogP contribution in [-0.4, -0.2) is 40.6 Å². The monoisotopic (exact) mass is 495 g/mol. The molecule has 2 aliphatic rings. The van der Waals surface area contributed by atoms with Gasteiger partial charge < -0.3 is 10.1 Å². The molecule has 0 spiro atoms. The summed E-state index contributed by atoms with van der Waals surface area (Å²) in [4.78, 5) is 28.4. The predicted octanol–water partition coefficient (Wildman–Crippen LogP) is 5.12. The van der Waals surface area contributed by atoms with Gasteiger partial charge in [-0.2, -0.15) is 5.26 Å². The summed E-state index contributed by atoms with van der Waals surface area (Å²) in [5, 5.41) is 12.4. The lowest BCUT2D eigenvalue weighted by atomic mass is 9.97. The number of amides is 2. The molecule has 0 aromatic heterocycles. The second-order valence-corrected chi connectivity index (χ2v) is 10.8. The zero-order chi connectivity index (χ0) is 25.3. The maximum absolute atomic E-state index is 14.9. The Bertz CT molecular complexity index is 1160. The molecule has 4 atom stereocenters. The van der Waals surface area contributed by atoms with E-state index >= 15 is 0 Å². The molecule has 0 radical (unpaired) electrons. The van der Waals surface area contributed by atoms with Crippen molar-refractivity contribution in [3.05, 3.63) is 53.8 Å². The molecule has 1 aliphatic heterocycles. The summed E-state index contributed by atoms with van der Waals surface area (Å²) in [6, 6.07) is 12.7. The maximum Gasteiger partial charge on any atom is 0.411 e. The number of benzene rings is 2.